The molecular formula is C35H36N2O6. The van der Waals surface area contributed by atoms with Gasteiger partial charge < -0.3 is 39.4 Å². The van der Waals surface area contributed by atoms with E-state index in [1.165, 1.54) is 16.7 Å². The number of methoxy groups -OCH3 is 3. The van der Waals surface area contributed by atoms with Gasteiger partial charge in [-0.25, -0.2) is 0 Å². The standard InChI is InChI=1S/C35H36N2O6/c1-39-29-9-6-21-15-27-33-23(11-13-37-27)17-28(38)34(41-3)35(33)43-32-19-25-22(18-30(32)40-2)10-12-36-26(25)14-20-4-7-24(8-5-20)42-31(29)16-21/h4-9,16-19,26-27,36-38H,10-15H2,1-3H3/t26-,27+/m1/s1. The summed E-state index contributed by atoms with van der Waals surface area (Å²) in [6.07, 6.45) is 3.10. The van der Waals surface area contributed by atoms with Crippen LogP contribution >= 0.6 is 0 Å². The van der Waals surface area contributed by atoms with E-state index in [1.807, 2.05) is 24.3 Å². The first-order valence-electron chi connectivity index (χ1n) is 14.8. The number of rotatable bonds is 3. The van der Waals surface area contributed by atoms with Crippen molar-refractivity contribution in [2.75, 3.05) is 34.4 Å². The lowest BCUT2D eigenvalue weighted by molar-refractivity contribution is 0.329. The molecule has 8 heteroatoms. The van der Waals surface area contributed by atoms with Crippen LogP contribution in [0.1, 0.15) is 45.5 Å². The van der Waals surface area contributed by atoms with Gasteiger partial charge in [0.05, 0.1) is 21.3 Å². The lowest BCUT2D eigenvalue weighted by Crippen LogP contribution is -2.32. The molecule has 2 atom stereocenters. The second-order valence-corrected chi connectivity index (χ2v) is 11.3. The first-order chi connectivity index (χ1) is 21.0. The minimum absolute atomic E-state index is 0.0543. The van der Waals surface area contributed by atoms with Gasteiger partial charge in [0.2, 0.25) is 5.75 Å². The van der Waals surface area contributed by atoms with Crippen LogP contribution in [0.4, 0.5) is 0 Å². The van der Waals surface area contributed by atoms with Crippen LogP contribution in [0, 0.1) is 0 Å². The summed E-state index contributed by atoms with van der Waals surface area (Å²) in [6, 6.07) is 20.3. The third-order valence-electron chi connectivity index (χ3n) is 8.73. The Hall–Kier alpha value is -4.40. The summed E-state index contributed by atoms with van der Waals surface area (Å²) in [4.78, 5) is 0. The zero-order chi connectivity index (χ0) is 29.5. The van der Waals surface area contributed by atoms with Crippen molar-refractivity contribution in [1.29, 1.82) is 0 Å². The van der Waals surface area contributed by atoms with E-state index in [4.69, 9.17) is 23.7 Å². The Morgan fingerprint density at radius 1 is 0.698 bits per heavy atom. The number of phenolic OH excluding ortho intramolecular Hbond substituents is 1. The molecule has 4 aliphatic rings. The van der Waals surface area contributed by atoms with E-state index in [1.54, 1.807) is 27.4 Å². The summed E-state index contributed by atoms with van der Waals surface area (Å²) in [5.74, 6) is 4.16. The molecule has 0 fully saturated rings. The average molecular weight is 581 g/mol. The SMILES string of the molecule is COc1ccc2cc1Oc1ccc(cc1)C[C@H]1NCCc3cc(OC)c(cc31)Oc1c(OC)c(O)cc3c1[C@H](C2)NCC3. The number of phenols is 1. The molecule has 3 N–H and O–H groups in total. The molecule has 43 heavy (non-hydrogen) atoms. The minimum atomic E-state index is -0.106. The molecule has 0 saturated heterocycles. The summed E-state index contributed by atoms with van der Waals surface area (Å²) >= 11 is 0. The topological polar surface area (TPSA) is 90.4 Å². The number of fused-ring (bicyclic) bond motifs is 2. The molecular weight excluding hydrogens is 544 g/mol. The third-order valence-corrected chi connectivity index (χ3v) is 8.73. The van der Waals surface area contributed by atoms with Gasteiger partial charge in [-0.3, -0.25) is 0 Å². The monoisotopic (exact) mass is 580 g/mol. The molecule has 0 unspecified atom stereocenters. The highest BCUT2D eigenvalue weighted by Gasteiger charge is 2.31. The van der Waals surface area contributed by atoms with Crippen LogP contribution in [0.25, 0.3) is 0 Å². The second-order valence-electron chi connectivity index (χ2n) is 11.3. The fraction of sp³-hybridized carbons (Fsp3) is 0.314. The van der Waals surface area contributed by atoms with E-state index < -0.39 is 0 Å². The van der Waals surface area contributed by atoms with Crippen molar-refractivity contribution >= 4 is 0 Å². The van der Waals surface area contributed by atoms with Gasteiger partial charge in [0.15, 0.2) is 34.5 Å². The summed E-state index contributed by atoms with van der Waals surface area (Å²) in [5.41, 5.74) is 6.65. The molecule has 0 aromatic heterocycles. The highest BCUT2D eigenvalue weighted by molar-refractivity contribution is 5.63. The van der Waals surface area contributed by atoms with Crippen LogP contribution in [-0.2, 0) is 25.7 Å². The Morgan fingerprint density at radius 2 is 1.40 bits per heavy atom. The van der Waals surface area contributed by atoms with Crippen molar-refractivity contribution in [3.05, 3.63) is 94.0 Å². The van der Waals surface area contributed by atoms with Crippen molar-refractivity contribution in [3.63, 3.8) is 0 Å². The fourth-order valence-corrected chi connectivity index (χ4v) is 6.64. The molecule has 8 nitrogen and oxygen atoms in total. The first kappa shape index (κ1) is 27.4. The van der Waals surface area contributed by atoms with Crippen molar-refractivity contribution in [2.45, 2.75) is 37.8 Å². The quantitative estimate of drug-likeness (QED) is 0.265. The Bertz CT molecular complexity index is 1670. The van der Waals surface area contributed by atoms with Crippen LogP contribution < -0.4 is 34.3 Å². The second kappa shape index (κ2) is 11.4. The van der Waals surface area contributed by atoms with Gasteiger partial charge in [0, 0.05) is 17.6 Å². The summed E-state index contributed by atoms with van der Waals surface area (Å²) < 4.78 is 30.4. The van der Waals surface area contributed by atoms with Gasteiger partial charge in [-0.15, -0.1) is 0 Å². The van der Waals surface area contributed by atoms with Crippen LogP contribution in [0.15, 0.2) is 60.7 Å². The molecule has 0 radical (unpaired) electrons. The number of hydrogen-bond acceptors (Lipinski definition) is 8. The molecule has 0 aliphatic carbocycles. The molecule has 0 saturated carbocycles. The first-order valence-corrected chi connectivity index (χ1v) is 14.8. The number of hydrogen-bond donors (Lipinski definition) is 3. The maximum absolute atomic E-state index is 11.0. The molecule has 4 aromatic rings. The van der Waals surface area contributed by atoms with Crippen LogP contribution in [0.5, 0.6) is 46.0 Å². The van der Waals surface area contributed by atoms with E-state index in [-0.39, 0.29) is 17.8 Å². The maximum atomic E-state index is 11.0. The molecule has 4 aliphatic heterocycles. The molecule has 0 amide bonds. The fourth-order valence-electron chi connectivity index (χ4n) is 6.64. The third kappa shape index (κ3) is 5.11. The maximum Gasteiger partial charge on any atom is 0.204 e. The van der Waals surface area contributed by atoms with E-state index in [9.17, 15) is 5.11 Å². The highest BCUT2D eigenvalue weighted by atomic mass is 16.5. The lowest BCUT2D eigenvalue weighted by atomic mass is 9.88. The number of benzene rings is 4. The van der Waals surface area contributed by atoms with Crippen molar-refractivity contribution in [3.8, 4) is 46.0 Å². The predicted molar refractivity (Wildman–Crippen MR) is 164 cm³/mol. The van der Waals surface area contributed by atoms with Gasteiger partial charge in [-0.1, -0.05) is 18.2 Å². The van der Waals surface area contributed by atoms with E-state index >= 15 is 0 Å². The predicted octanol–water partition coefficient (Wildman–Crippen LogP) is 6.18. The smallest absolute Gasteiger partial charge is 0.204 e. The largest absolute Gasteiger partial charge is 0.504 e. The summed E-state index contributed by atoms with van der Waals surface area (Å²) in [5, 5.41) is 18.4. The summed E-state index contributed by atoms with van der Waals surface area (Å²) in [7, 11) is 4.87. The molecule has 6 bridgehead atoms. The van der Waals surface area contributed by atoms with E-state index in [0.29, 0.717) is 40.9 Å². The van der Waals surface area contributed by atoms with Crippen LogP contribution in [0.3, 0.4) is 0 Å². The minimum Gasteiger partial charge on any atom is -0.504 e. The van der Waals surface area contributed by atoms with Gasteiger partial charge in [-0.05, 0) is 109 Å². The Balaban J connectivity index is 1.43. The molecule has 222 valence electrons. The van der Waals surface area contributed by atoms with Gasteiger partial charge in [0.1, 0.15) is 5.75 Å². The van der Waals surface area contributed by atoms with E-state index in [2.05, 4.69) is 41.0 Å². The normalized spacial score (nSPS) is 18.8. The highest BCUT2D eigenvalue weighted by Crippen LogP contribution is 2.50. The summed E-state index contributed by atoms with van der Waals surface area (Å²) in [6.45, 7) is 1.64. The Labute approximate surface area is 251 Å². The molecule has 0 spiro atoms. The zero-order valence-corrected chi connectivity index (χ0v) is 24.7. The van der Waals surface area contributed by atoms with Crippen molar-refractivity contribution in [2.24, 2.45) is 0 Å². The number of ether oxygens (including phenoxy) is 5. The van der Waals surface area contributed by atoms with Crippen LogP contribution in [0.2, 0.25) is 0 Å². The number of nitrogens with one attached hydrogen (secondary N) is 2. The molecule has 8 rings (SSSR count). The number of aromatic hydroxyl groups is 1. The van der Waals surface area contributed by atoms with Gasteiger partial charge in [0.25, 0.3) is 0 Å². The zero-order valence-electron chi connectivity index (χ0n) is 24.7. The van der Waals surface area contributed by atoms with E-state index in [0.717, 1.165) is 54.8 Å². The Kier molecular flexibility index (Phi) is 7.24. The van der Waals surface area contributed by atoms with Crippen LogP contribution in [-0.4, -0.2) is 39.5 Å². The van der Waals surface area contributed by atoms with Crippen molar-refractivity contribution in [1.82, 2.24) is 10.6 Å². The van der Waals surface area contributed by atoms with Gasteiger partial charge in [-0.2, -0.15) is 0 Å². The molecule has 4 heterocycles. The molecule has 4 aromatic carbocycles. The lowest BCUT2D eigenvalue weighted by Gasteiger charge is -2.32. The van der Waals surface area contributed by atoms with Crippen molar-refractivity contribution < 1.29 is 28.8 Å². The average Bonchev–Trinajstić information content (AvgIpc) is 3.02. The van der Waals surface area contributed by atoms with Gasteiger partial charge >= 0.3 is 0 Å². The Morgan fingerprint density at radius 3 is 2.16 bits per heavy atom.